The van der Waals surface area contributed by atoms with Gasteiger partial charge >= 0.3 is 5.97 Å². The van der Waals surface area contributed by atoms with Crippen molar-refractivity contribution in [1.29, 1.82) is 0 Å². The molecule has 1 aromatic carbocycles. The van der Waals surface area contributed by atoms with Gasteiger partial charge in [0, 0.05) is 6.54 Å². The molecule has 1 aliphatic carbocycles. The van der Waals surface area contributed by atoms with Gasteiger partial charge in [-0.1, -0.05) is 37.8 Å². The number of esters is 1. The van der Waals surface area contributed by atoms with Crippen LogP contribution in [0.5, 0.6) is 0 Å². The third-order valence-electron chi connectivity index (χ3n) is 4.19. The van der Waals surface area contributed by atoms with Gasteiger partial charge in [-0.05, 0) is 48.4 Å². The Morgan fingerprint density at radius 3 is 2.61 bits per heavy atom. The summed E-state index contributed by atoms with van der Waals surface area (Å²) in [5, 5.41) is 2.69. The Labute approximate surface area is 137 Å². The van der Waals surface area contributed by atoms with Gasteiger partial charge in [-0.3, -0.25) is 4.79 Å². The number of nitrogens with one attached hydrogen (secondary N) is 1. The highest BCUT2D eigenvalue weighted by Gasteiger charge is 2.20. The van der Waals surface area contributed by atoms with E-state index in [1.54, 1.807) is 12.1 Å². The molecule has 1 aliphatic rings. The zero-order valence-corrected chi connectivity index (χ0v) is 13.5. The molecule has 0 aromatic heterocycles. The summed E-state index contributed by atoms with van der Waals surface area (Å²) in [6.45, 7) is 6.45. The molecule has 2 unspecified atom stereocenters. The highest BCUT2D eigenvalue weighted by molar-refractivity contribution is 5.89. The molecular weight excluding hydrogens is 290 g/mol. The lowest BCUT2D eigenvalue weighted by Gasteiger charge is -2.24. The van der Waals surface area contributed by atoms with Gasteiger partial charge in [0.25, 0.3) is 0 Å². The quantitative estimate of drug-likeness (QED) is 0.498. The van der Waals surface area contributed by atoms with Crippen molar-refractivity contribution in [2.45, 2.75) is 26.3 Å². The van der Waals surface area contributed by atoms with E-state index >= 15 is 0 Å². The number of allylic oxidation sites excluding steroid dienone is 2. The molecule has 4 heteroatoms. The summed E-state index contributed by atoms with van der Waals surface area (Å²) in [5.41, 5.74) is 1.45. The highest BCUT2D eigenvalue weighted by atomic mass is 16.5. The average molecular weight is 313 g/mol. The van der Waals surface area contributed by atoms with Gasteiger partial charge in [-0.2, -0.15) is 0 Å². The van der Waals surface area contributed by atoms with Crippen LogP contribution in [-0.4, -0.2) is 18.5 Å². The summed E-state index contributed by atoms with van der Waals surface area (Å²) in [6, 6.07) is 7.07. The van der Waals surface area contributed by atoms with E-state index in [2.05, 4.69) is 31.0 Å². The smallest absolute Gasteiger partial charge is 0.338 e. The summed E-state index contributed by atoms with van der Waals surface area (Å²) in [6.07, 6.45) is 7.59. The van der Waals surface area contributed by atoms with Crippen molar-refractivity contribution in [2.75, 3.05) is 6.61 Å². The first kappa shape index (κ1) is 17.0. The maximum atomic E-state index is 12.1. The minimum atomic E-state index is -0.298. The highest BCUT2D eigenvalue weighted by Crippen LogP contribution is 2.25. The first-order valence-electron chi connectivity index (χ1n) is 7.91. The topological polar surface area (TPSA) is 55.4 Å². The number of amides is 1. The number of benzene rings is 1. The maximum Gasteiger partial charge on any atom is 0.338 e. The van der Waals surface area contributed by atoms with Crippen LogP contribution >= 0.6 is 0 Å². The average Bonchev–Trinajstić information content (AvgIpc) is 2.59. The van der Waals surface area contributed by atoms with Crippen molar-refractivity contribution in [3.05, 3.63) is 60.2 Å². The van der Waals surface area contributed by atoms with Crippen LogP contribution in [-0.2, 0) is 16.1 Å². The molecule has 0 heterocycles. The van der Waals surface area contributed by atoms with Crippen LogP contribution in [0, 0.1) is 11.8 Å². The van der Waals surface area contributed by atoms with Crippen LogP contribution in [0.4, 0.5) is 0 Å². The third-order valence-corrected chi connectivity index (χ3v) is 4.19. The van der Waals surface area contributed by atoms with E-state index in [-0.39, 0.29) is 11.9 Å². The molecule has 0 saturated carbocycles. The lowest BCUT2D eigenvalue weighted by molar-refractivity contribution is -0.116. The van der Waals surface area contributed by atoms with Gasteiger partial charge in [0.2, 0.25) is 5.91 Å². The number of ether oxygens (including phenoxy) is 1. The Bertz CT molecular complexity index is 589. The van der Waals surface area contributed by atoms with E-state index in [1.165, 1.54) is 6.08 Å². The first-order chi connectivity index (χ1) is 11.1. The largest absolute Gasteiger partial charge is 0.462 e. The molecule has 0 saturated heterocycles. The summed E-state index contributed by atoms with van der Waals surface area (Å²) >= 11 is 0. The molecule has 2 rings (SSSR count). The minimum Gasteiger partial charge on any atom is -0.462 e. The van der Waals surface area contributed by atoms with Crippen LogP contribution in [0.2, 0.25) is 0 Å². The Morgan fingerprint density at radius 2 is 1.96 bits per heavy atom. The monoisotopic (exact) mass is 313 g/mol. The number of rotatable bonds is 6. The minimum absolute atomic E-state index is 0.218. The van der Waals surface area contributed by atoms with Crippen LogP contribution in [0.15, 0.2) is 49.1 Å². The molecule has 0 spiro atoms. The standard InChI is InChI=1S/C19H23NO3/c1-3-18(21)20-12-15-8-10-16(11-9-15)19(22)23-13-17-7-5-4-6-14(17)2/h3-5,8-11,14,17H,1,6-7,12-13H2,2H3,(H,20,21). The molecule has 2 atom stereocenters. The Balaban J connectivity index is 1.83. The predicted molar refractivity (Wildman–Crippen MR) is 89.8 cm³/mol. The van der Waals surface area contributed by atoms with E-state index in [1.807, 2.05) is 12.1 Å². The van der Waals surface area contributed by atoms with E-state index in [4.69, 9.17) is 4.74 Å². The second kappa shape index (κ2) is 8.32. The molecule has 4 nitrogen and oxygen atoms in total. The van der Waals surface area contributed by atoms with E-state index in [0.29, 0.717) is 30.6 Å². The van der Waals surface area contributed by atoms with E-state index in [0.717, 1.165) is 18.4 Å². The Morgan fingerprint density at radius 1 is 1.26 bits per heavy atom. The molecule has 23 heavy (non-hydrogen) atoms. The van der Waals surface area contributed by atoms with Crippen LogP contribution in [0.25, 0.3) is 0 Å². The van der Waals surface area contributed by atoms with E-state index < -0.39 is 0 Å². The molecule has 1 amide bonds. The second-order valence-electron chi connectivity index (χ2n) is 5.90. The fourth-order valence-corrected chi connectivity index (χ4v) is 2.53. The van der Waals surface area contributed by atoms with Crippen LogP contribution in [0.3, 0.4) is 0 Å². The lowest BCUT2D eigenvalue weighted by atomic mass is 9.85. The molecule has 0 radical (unpaired) electrons. The van der Waals surface area contributed by atoms with Crippen molar-refractivity contribution in [2.24, 2.45) is 11.8 Å². The number of hydrogen-bond acceptors (Lipinski definition) is 3. The molecular formula is C19H23NO3. The summed E-state index contributed by atoms with van der Waals surface area (Å²) in [4.78, 5) is 23.2. The van der Waals surface area contributed by atoms with Crippen molar-refractivity contribution >= 4 is 11.9 Å². The summed E-state index contributed by atoms with van der Waals surface area (Å²) < 4.78 is 5.44. The van der Waals surface area contributed by atoms with Crippen LogP contribution < -0.4 is 5.32 Å². The van der Waals surface area contributed by atoms with Crippen molar-refractivity contribution in [3.8, 4) is 0 Å². The normalized spacial score (nSPS) is 19.9. The number of carbonyl (C=O) groups excluding carboxylic acids is 2. The summed E-state index contributed by atoms with van der Waals surface area (Å²) in [7, 11) is 0. The van der Waals surface area contributed by atoms with Gasteiger partial charge in [-0.15, -0.1) is 0 Å². The van der Waals surface area contributed by atoms with Gasteiger partial charge in [0.05, 0.1) is 12.2 Å². The van der Waals surface area contributed by atoms with Gasteiger partial charge in [0.15, 0.2) is 0 Å². The predicted octanol–water partition coefficient (Wildman–Crippen LogP) is 3.25. The molecule has 0 fully saturated rings. The maximum absolute atomic E-state index is 12.1. The Hall–Kier alpha value is -2.36. The molecule has 122 valence electrons. The molecule has 1 aromatic rings. The fourth-order valence-electron chi connectivity index (χ4n) is 2.53. The van der Waals surface area contributed by atoms with Crippen molar-refractivity contribution < 1.29 is 14.3 Å². The van der Waals surface area contributed by atoms with Gasteiger partial charge in [-0.25, -0.2) is 4.79 Å². The third kappa shape index (κ3) is 5.09. The zero-order chi connectivity index (χ0) is 16.7. The summed E-state index contributed by atoms with van der Waals surface area (Å²) in [5.74, 6) is 0.429. The molecule has 1 N–H and O–H groups in total. The van der Waals surface area contributed by atoms with Crippen molar-refractivity contribution in [3.63, 3.8) is 0 Å². The first-order valence-corrected chi connectivity index (χ1v) is 7.91. The lowest BCUT2D eigenvalue weighted by Crippen LogP contribution is -2.22. The fraction of sp³-hybridized carbons (Fsp3) is 0.368. The molecule has 0 aliphatic heterocycles. The SMILES string of the molecule is C=CC(=O)NCc1ccc(C(=O)OCC2CC=CCC2C)cc1. The van der Waals surface area contributed by atoms with Crippen LogP contribution in [0.1, 0.15) is 35.7 Å². The number of carbonyl (C=O) groups is 2. The van der Waals surface area contributed by atoms with Gasteiger partial charge < -0.3 is 10.1 Å². The number of hydrogen-bond donors (Lipinski definition) is 1. The zero-order valence-electron chi connectivity index (χ0n) is 13.5. The Kier molecular flexibility index (Phi) is 6.15. The second-order valence-corrected chi connectivity index (χ2v) is 5.90. The van der Waals surface area contributed by atoms with Crippen molar-refractivity contribution in [1.82, 2.24) is 5.32 Å². The van der Waals surface area contributed by atoms with Gasteiger partial charge in [0.1, 0.15) is 0 Å². The van der Waals surface area contributed by atoms with E-state index in [9.17, 15) is 9.59 Å². The molecule has 0 bridgehead atoms.